The Bertz CT molecular complexity index is 816. The van der Waals surface area contributed by atoms with E-state index in [9.17, 15) is 0 Å². The van der Waals surface area contributed by atoms with E-state index < -0.39 is 8.07 Å². The summed E-state index contributed by atoms with van der Waals surface area (Å²) in [6.07, 6.45) is 2.71. The van der Waals surface area contributed by atoms with Gasteiger partial charge >= 0.3 is 0 Å². The van der Waals surface area contributed by atoms with Crippen molar-refractivity contribution in [2.75, 3.05) is 11.1 Å². The minimum atomic E-state index is -1.31. The highest BCUT2D eigenvalue weighted by molar-refractivity contribution is 6.76. The summed E-state index contributed by atoms with van der Waals surface area (Å²) in [4.78, 5) is 10.9. The minimum Gasteiger partial charge on any atom is -0.344 e. The normalized spacial score (nSPS) is 11.5. The molecule has 0 fully saturated rings. The zero-order valence-corrected chi connectivity index (χ0v) is 16.2. The number of rotatable bonds is 4. The number of hydrogen-bond acceptors (Lipinski definition) is 3. The molecular formula is C20H27N3Si. The molecule has 24 heavy (non-hydrogen) atoms. The van der Waals surface area contributed by atoms with Crippen molar-refractivity contribution in [1.82, 2.24) is 9.97 Å². The van der Waals surface area contributed by atoms with Crippen molar-refractivity contribution in [1.29, 1.82) is 0 Å². The largest absolute Gasteiger partial charge is 0.344 e. The summed E-state index contributed by atoms with van der Waals surface area (Å²) < 4.78 is 7.68. The quantitative estimate of drug-likeness (QED) is 0.574. The molecule has 4 heteroatoms. The first-order valence-electron chi connectivity index (χ1n) is 8.98. The molecule has 0 amide bonds. The lowest BCUT2D eigenvalue weighted by Crippen LogP contribution is -2.37. The van der Waals surface area contributed by atoms with E-state index in [0.717, 1.165) is 22.9 Å². The van der Waals surface area contributed by atoms with Gasteiger partial charge in [-0.2, -0.15) is 0 Å². The minimum absolute atomic E-state index is 0.200. The molecule has 2 aromatic carbocycles. The third-order valence-corrected chi connectivity index (χ3v) is 4.68. The predicted octanol–water partition coefficient (Wildman–Crippen LogP) is 5.67. The van der Waals surface area contributed by atoms with Gasteiger partial charge in [0.05, 0.1) is 20.5 Å². The van der Waals surface area contributed by atoms with Crippen LogP contribution < -0.4 is 4.90 Å². The first kappa shape index (κ1) is 16.6. The van der Waals surface area contributed by atoms with Gasteiger partial charge in [-0.3, -0.25) is 9.97 Å². The van der Waals surface area contributed by atoms with Crippen molar-refractivity contribution in [2.24, 2.45) is 0 Å². The van der Waals surface area contributed by atoms with Crippen LogP contribution in [0.1, 0.15) is 15.2 Å². The number of fused-ring (bicyclic) bond motifs is 1. The molecule has 126 valence electrons. The first-order chi connectivity index (χ1) is 11.9. The molecule has 0 aliphatic heterocycles. The van der Waals surface area contributed by atoms with E-state index >= 15 is 0 Å². The van der Waals surface area contributed by atoms with Crippen LogP contribution in [0.5, 0.6) is 0 Å². The molecule has 0 aliphatic carbocycles. The Hall–Kier alpha value is -2.20. The lowest BCUT2D eigenvalue weighted by Gasteiger charge is -2.31. The van der Waals surface area contributed by atoms with Crippen molar-refractivity contribution in [3.63, 3.8) is 0 Å². The monoisotopic (exact) mass is 338 g/mol. The van der Waals surface area contributed by atoms with Crippen LogP contribution in [-0.2, 0) is 0 Å². The Labute approximate surface area is 147 Å². The summed E-state index contributed by atoms with van der Waals surface area (Å²) in [5.74, 6) is 0. The van der Waals surface area contributed by atoms with Gasteiger partial charge in [0.25, 0.3) is 0 Å². The Kier molecular flexibility index (Phi) is 5.59. The Morgan fingerprint density at radius 2 is 1.62 bits per heavy atom. The van der Waals surface area contributed by atoms with Crippen molar-refractivity contribution in [2.45, 2.75) is 33.5 Å². The summed E-state index contributed by atoms with van der Waals surface area (Å²) >= 11 is 0. The Morgan fingerprint density at radius 3 is 2.29 bits per heavy atom. The number of anilines is 2. The highest BCUT2D eigenvalue weighted by Crippen LogP contribution is 2.28. The van der Waals surface area contributed by atoms with Crippen LogP contribution in [0.3, 0.4) is 0 Å². The highest BCUT2D eigenvalue weighted by atomic mass is 28.3. The third kappa shape index (κ3) is 4.65. The molecule has 0 unspecified atom stereocenters. The smallest absolute Gasteiger partial charge is 0.0907 e. The van der Waals surface area contributed by atoms with Gasteiger partial charge in [-0.1, -0.05) is 51.7 Å². The zero-order chi connectivity index (χ0) is 18.4. The van der Waals surface area contributed by atoms with E-state index in [1.165, 1.54) is 11.9 Å². The van der Waals surface area contributed by atoms with Crippen LogP contribution in [0, 0.1) is 0 Å². The molecule has 0 saturated heterocycles. The Balaban J connectivity index is 0.00000109. The number of nitrogens with zero attached hydrogens (tertiary/aromatic N) is 3. The van der Waals surface area contributed by atoms with Gasteiger partial charge in [0, 0.05) is 29.9 Å². The van der Waals surface area contributed by atoms with Gasteiger partial charge in [-0.15, -0.1) is 0 Å². The number of para-hydroxylation sites is 1. The molecule has 3 aromatic rings. The summed E-state index contributed by atoms with van der Waals surface area (Å²) in [6.45, 7) is 11.1. The van der Waals surface area contributed by atoms with Crippen LogP contribution in [0.2, 0.25) is 19.6 Å². The second-order valence-electron chi connectivity index (χ2n) is 6.65. The SMILES string of the molecule is CC.[2H]c1cnc2ccc(N(C[Si](C)(C)C)c3ccccc3)cc2n1. The van der Waals surface area contributed by atoms with Crippen molar-refractivity contribution in [3.8, 4) is 0 Å². The molecule has 0 aliphatic rings. The van der Waals surface area contributed by atoms with Gasteiger partial charge in [-0.05, 0) is 30.3 Å². The summed E-state index contributed by atoms with van der Waals surface area (Å²) in [7, 11) is -1.31. The molecule has 0 N–H and O–H groups in total. The van der Waals surface area contributed by atoms with Crippen LogP contribution in [0.25, 0.3) is 11.0 Å². The fourth-order valence-corrected chi connectivity index (χ4v) is 3.80. The fourth-order valence-electron chi connectivity index (χ4n) is 2.49. The molecule has 0 radical (unpaired) electrons. The second-order valence-corrected chi connectivity index (χ2v) is 12.1. The molecule has 0 spiro atoms. The van der Waals surface area contributed by atoms with E-state index in [4.69, 9.17) is 1.37 Å². The molecule has 1 aromatic heterocycles. The van der Waals surface area contributed by atoms with Gasteiger partial charge in [-0.25, -0.2) is 0 Å². The molecule has 0 atom stereocenters. The van der Waals surface area contributed by atoms with E-state index in [-0.39, 0.29) is 6.17 Å². The number of aromatic nitrogens is 2. The van der Waals surface area contributed by atoms with E-state index in [0.29, 0.717) is 0 Å². The summed E-state index contributed by atoms with van der Waals surface area (Å²) in [6, 6.07) is 16.5. The van der Waals surface area contributed by atoms with Crippen LogP contribution in [0.4, 0.5) is 11.4 Å². The molecular weight excluding hydrogens is 310 g/mol. The van der Waals surface area contributed by atoms with Crippen LogP contribution in [-0.4, -0.2) is 24.2 Å². The van der Waals surface area contributed by atoms with E-state index in [2.05, 4.69) is 64.8 Å². The maximum atomic E-state index is 7.68. The maximum Gasteiger partial charge on any atom is 0.0907 e. The standard InChI is InChI=1S/C18H21N3Si.C2H6/c1-22(2,3)14-21(15-7-5-4-6-8-15)16-9-10-17-18(13-16)20-12-11-19-17;1-2/h4-13H,14H2,1-3H3;1-2H3/i12D;. The van der Waals surface area contributed by atoms with Crippen LogP contribution in [0.15, 0.2) is 60.9 Å². The van der Waals surface area contributed by atoms with Crippen molar-refractivity contribution >= 4 is 30.5 Å². The highest BCUT2D eigenvalue weighted by Gasteiger charge is 2.20. The average Bonchev–Trinajstić information content (AvgIpc) is 2.61. The lowest BCUT2D eigenvalue weighted by molar-refractivity contribution is 1.12. The topological polar surface area (TPSA) is 29.0 Å². The average molecular weight is 339 g/mol. The van der Waals surface area contributed by atoms with Crippen molar-refractivity contribution in [3.05, 3.63) is 60.9 Å². The maximum absolute atomic E-state index is 7.68. The fraction of sp³-hybridized carbons (Fsp3) is 0.300. The summed E-state index contributed by atoms with van der Waals surface area (Å²) in [5, 5.41) is 0. The molecule has 3 rings (SSSR count). The van der Waals surface area contributed by atoms with Gasteiger partial charge in [0.2, 0.25) is 0 Å². The van der Waals surface area contributed by atoms with Gasteiger partial charge in [0.15, 0.2) is 0 Å². The van der Waals surface area contributed by atoms with E-state index in [1.54, 1.807) is 0 Å². The number of hydrogen-bond donors (Lipinski definition) is 0. The Morgan fingerprint density at radius 1 is 0.917 bits per heavy atom. The molecule has 0 bridgehead atoms. The molecule has 1 heterocycles. The van der Waals surface area contributed by atoms with Gasteiger partial charge < -0.3 is 4.90 Å². The van der Waals surface area contributed by atoms with Crippen molar-refractivity contribution < 1.29 is 1.37 Å². The number of benzene rings is 2. The molecule has 0 saturated carbocycles. The van der Waals surface area contributed by atoms with E-state index in [1.807, 2.05) is 32.0 Å². The summed E-state index contributed by atoms with van der Waals surface area (Å²) in [5.41, 5.74) is 3.88. The zero-order valence-electron chi connectivity index (χ0n) is 16.2. The molecule has 3 nitrogen and oxygen atoms in total. The lowest BCUT2D eigenvalue weighted by atomic mass is 10.2. The third-order valence-electron chi connectivity index (χ3n) is 3.42. The first-order valence-corrected chi connectivity index (χ1v) is 12.2. The van der Waals surface area contributed by atoms with Crippen LogP contribution >= 0.6 is 0 Å². The van der Waals surface area contributed by atoms with Gasteiger partial charge in [0.1, 0.15) is 0 Å². The second kappa shape index (κ2) is 8.06. The predicted molar refractivity (Wildman–Crippen MR) is 108 cm³/mol.